The average Bonchev–Trinajstić information content (AvgIpc) is 2.14. The summed E-state index contributed by atoms with van der Waals surface area (Å²) in [4.78, 5) is 0. The molecule has 1 saturated heterocycles. The fourth-order valence-corrected chi connectivity index (χ4v) is 0.809. The number of ether oxygens (including phenoxy) is 1. The van der Waals surface area contributed by atoms with Gasteiger partial charge in [0.1, 0.15) is 0 Å². The zero-order valence-corrected chi connectivity index (χ0v) is 4.92. The summed E-state index contributed by atoms with van der Waals surface area (Å²) in [6.07, 6.45) is 1.05. The van der Waals surface area contributed by atoms with Crippen LogP contribution in [0.3, 0.4) is 0 Å². The third-order valence-corrected chi connectivity index (χ3v) is 1.36. The van der Waals surface area contributed by atoms with E-state index in [1.807, 2.05) is 6.92 Å². The van der Waals surface area contributed by atoms with Gasteiger partial charge in [0.25, 0.3) is 0 Å². The van der Waals surface area contributed by atoms with Crippen LogP contribution < -0.4 is 5.84 Å². The lowest BCUT2D eigenvalue weighted by Gasteiger charge is -1.98. The Morgan fingerprint density at radius 3 is 2.88 bits per heavy atom. The van der Waals surface area contributed by atoms with E-state index < -0.39 is 0 Å². The first-order valence-electron chi connectivity index (χ1n) is 2.73. The maximum absolute atomic E-state index is 5.15. The van der Waals surface area contributed by atoms with Gasteiger partial charge in [0.05, 0.1) is 18.4 Å². The number of rotatable bonds is 0. The van der Waals surface area contributed by atoms with E-state index in [0.29, 0.717) is 0 Å². The summed E-state index contributed by atoms with van der Waals surface area (Å²) in [5.74, 6) is 5.03. The van der Waals surface area contributed by atoms with Crippen molar-refractivity contribution in [2.75, 3.05) is 6.61 Å². The molecule has 0 aromatic carbocycles. The smallest absolute Gasteiger partial charge is 0.0946 e. The van der Waals surface area contributed by atoms with Crippen molar-refractivity contribution in [1.82, 2.24) is 0 Å². The monoisotopic (exact) mass is 114 g/mol. The normalized spacial score (nSPS) is 34.1. The van der Waals surface area contributed by atoms with Crippen molar-refractivity contribution in [2.24, 2.45) is 10.9 Å². The summed E-state index contributed by atoms with van der Waals surface area (Å²) in [6.45, 7) is 2.73. The number of nitrogens with two attached hydrogens (primary N) is 1. The molecule has 0 aliphatic carbocycles. The van der Waals surface area contributed by atoms with Crippen molar-refractivity contribution in [3.8, 4) is 0 Å². The van der Waals surface area contributed by atoms with Crippen LogP contribution in [0.1, 0.15) is 13.3 Å². The molecule has 0 bridgehead atoms. The van der Waals surface area contributed by atoms with Gasteiger partial charge >= 0.3 is 0 Å². The van der Waals surface area contributed by atoms with Gasteiger partial charge in [0.2, 0.25) is 0 Å². The number of hydrogen-bond donors (Lipinski definition) is 1. The predicted molar refractivity (Wildman–Crippen MR) is 31.7 cm³/mol. The Kier molecular flexibility index (Phi) is 1.48. The Balaban J connectivity index is 2.55. The third-order valence-electron chi connectivity index (χ3n) is 1.36. The highest BCUT2D eigenvalue weighted by atomic mass is 16.5. The summed E-state index contributed by atoms with van der Waals surface area (Å²) >= 11 is 0. The number of hydrazone groups is 1. The zero-order chi connectivity index (χ0) is 5.98. The Bertz CT molecular complexity index is 111. The minimum Gasteiger partial charge on any atom is -0.372 e. The molecule has 0 spiro atoms. The van der Waals surface area contributed by atoms with E-state index in [1.165, 1.54) is 0 Å². The van der Waals surface area contributed by atoms with Gasteiger partial charge in [-0.25, -0.2) is 0 Å². The van der Waals surface area contributed by atoms with E-state index in [9.17, 15) is 0 Å². The van der Waals surface area contributed by atoms with Crippen LogP contribution in [-0.4, -0.2) is 18.4 Å². The molecule has 0 aromatic heterocycles. The summed E-state index contributed by atoms with van der Waals surface area (Å²) in [5, 5.41) is 3.56. The highest BCUT2D eigenvalue weighted by Crippen LogP contribution is 2.07. The Morgan fingerprint density at radius 2 is 2.62 bits per heavy atom. The van der Waals surface area contributed by atoms with Crippen LogP contribution in [0, 0.1) is 0 Å². The summed E-state index contributed by atoms with van der Waals surface area (Å²) < 4.78 is 5.15. The van der Waals surface area contributed by atoms with Crippen LogP contribution in [0.25, 0.3) is 0 Å². The average molecular weight is 114 g/mol. The molecular formula is C5H10N2O. The molecule has 3 heteroatoms. The van der Waals surface area contributed by atoms with E-state index in [4.69, 9.17) is 10.6 Å². The summed E-state index contributed by atoms with van der Waals surface area (Å²) in [5.41, 5.74) is 0.977. The topological polar surface area (TPSA) is 47.6 Å². The van der Waals surface area contributed by atoms with Gasteiger partial charge in [-0.15, -0.1) is 0 Å². The standard InChI is InChI=1S/C5H10N2O/c1-4-5(7-6)2-3-8-4/h4H,2-3,6H2,1H3/b7-5+. The summed E-state index contributed by atoms with van der Waals surface area (Å²) in [7, 11) is 0. The first kappa shape index (κ1) is 5.56. The van der Waals surface area contributed by atoms with E-state index in [1.54, 1.807) is 0 Å². The molecule has 1 fully saturated rings. The highest BCUT2D eigenvalue weighted by molar-refractivity contribution is 5.89. The molecule has 0 aromatic rings. The first-order chi connectivity index (χ1) is 3.84. The fraction of sp³-hybridized carbons (Fsp3) is 0.800. The second-order valence-corrected chi connectivity index (χ2v) is 1.88. The molecule has 3 nitrogen and oxygen atoms in total. The van der Waals surface area contributed by atoms with Crippen LogP contribution in [0.15, 0.2) is 5.10 Å². The van der Waals surface area contributed by atoms with Gasteiger partial charge in [-0.1, -0.05) is 0 Å². The molecule has 1 aliphatic rings. The van der Waals surface area contributed by atoms with Gasteiger partial charge in [0, 0.05) is 6.42 Å². The lowest BCUT2D eigenvalue weighted by atomic mass is 10.2. The molecule has 0 radical (unpaired) electrons. The fourth-order valence-electron chi connectivity index (χ4n) is 0.809. The SMILES string of the molecule is CC1OCC/C1=N\N. The molecule has 46 valence electrons. The van der Waals surface area contributed by atoms with Gasteiger partial charge in [0.15, 0.2) is 0 Å². The lowest BCUT2D eigenvalue weighted by molar-refractivity contribution is 0.145. The van der Waals surface area contributed by atoms with Gasteiger partial charge in [-0.3, -0.25) is 0 Å². The number of nitrogens with zero attached hydrogens (tertiary/aromatic N) is 1. The van der Waals surface area contributed by atoms with Crippen molar-refractivity contribution in [3.05, 3.63) is 0 Å². The quantitative estimate of drug-likeness (QED) is 0.359. The lowest BCUT2D eigenvalue weighted by Crippen LogP contribution is -2.11. The largest absolute Gasteiger partial charge is 0.372 e. The van der Waals surface area contributed by atoms with Gasteiger partial charge in [-0.2, -0.15) is 5.10 Å². The van der Waals surface area contributed by atoms with Crippen LogP contribution in [0.2, 0.25) is 0 Å². The third kappa shape index (κ3) is 0.816. The minimum absolute atomic E-state index is 0.153. The minimum atomic E-state index is 0.153. The van der Waals surface area contributed by atoms with Crippen molar-refractivity contribution >= 4 is 5.71 Å². The highest BCUT2D eigenvalue weighted by Gasteiger charge is 2.17. The Labute approximate surface area is 48.5 Å². The van der Waals surface area contributed by atoms with E-state index >= 15 is 0 Å². The molecule has 0 saturated carbocycles. The van der Waals surface area contributed by atoms with E-state index in [-0.39, 0.29) is 6.10 Å². The van der Waals surface area contributed by atoms with E-state index in [2.05, 4.69) is 5.10 Å². The first-order valence-corrected chi connectivity index (χ1v) is 2.73. The van der Waals surface area contributed by atoms with Crippen molar-refractivity contribution in [1.29, 1.82) is 0 Å². The molecule has 1 atom stereocenters. The van der Waals surface area contributed by atoms with Crippen LogP contribution >= 0.6 is 0 Å². The molecule has 1 aliphatic heterocycles. The molecule has 1 rings (SSSR count). The second kappa shape index (κ2) is 2.13. The summed E-state index contributed by atoms with van der Waals surface area (Å²) in [6, 6.07) is 0. The molecule has 0 amide bonds. The van der Waals surface area contributed by atoms with E-state index in [0.717, 1.165) is 18.7 Å². The molecule has 1 unspecified atom stereocenters. The second-order valence-electron chi connectivity index (χ2n) is 1.88. The maximum Gasteiger partial charge on any atom is 0.0946 e. The van der Waals surface area contributed by atoms with Crippen LogP contribution in [0.5, 0.6) is 0 Å². The Hall–Kier alpha value is -0.570. The molecule has 2 N–H and O–H groups in total. The molecule has 1 heterocycles. The van der Waals surface area contributed by atoms with Crippen molar-refractivity contribution < 1.29 is 4.74 Å². The maximum atomic E-state index is 5.15. The number of hydrogen-bond acceptors (Lipinski definition) is 3. The molecular weight excluding hydrogens is 104 g/mol. The van der Waals surface area contributed by atoms with Gasteiger partial charge < -0.3 is 10.6 Å². The van der Waals surface area contributed by atoms with Crippen LogP contribution in [-0.2, 0) is 4.74 Å². The van der Waals surface area contributed by atoms with Crippen molar-refractivity contribution in [2.45, 2.75) is 19.4 Å². The van der Waals surface area contributed by atoms with Crippen LogP contribution in [0.4, 0.5) is 0 Å². The molecule has 8 heavy (non-hydrogen) atoms. The van der Waals surface area contributed by atoms with Gasteiger partial charge in [-0.05, 0) is 6.92 Å². The zero-order valence-electron chi connectivity index (χ0n) is 4.92. The predicted octanol–water partition coefficient (Wildman–Crippen LogP) is 0.110. The Morgan fingerprint density at radius 1 is 1.88 bits per heavy atom. The van der Waals surface area contributed by atoms with Crippen molar-refractivity contribution in [3.63, 3.8) is 0 Å².